The van der Waals surface area contributed by atoms with Crippen molar-refractivity contribution < 1.29 is 14.9 Å². The smallest absolute Gasteiger partial charge is 0.156 e. The third-order valence-electron chi connectivity index (χ3n) is 3.21. The normalized spacial score (nSPS) is 21.7. The van der Waals surface area contributed by atoms with Gasteiger partial charge in [0.25, 0.3) is 0 Å². The standard InChI is InChI=1S/C11H15N5O.C3H8O2/c12-5-7-1-4-10(17-7)8-2-3-9-11(13)14-6-15-16(8)9;1-3(2,4)5/h2-3,6-7,10H,1,4-5,12H2,(H2,13,14,15);4-5H,1-2H3/t7?,10-;/m1./s1. The van der Waals surface area contributed by atoms with E-state index < -0.39 is 5.79 Å². The number of aliphatic hydroxyl groups is 2. The summed E-state index contributed by atoms with van der Waals surface area (Å²) < 4.78 is 7.65. The van der Waals surface area contributed by atoms with Crippen molar-refractivity contribution in [3.8, 4) is 0 Å². The summed E-state index contributed by atoms with van der Waals surface area (Å²) in [5, 5.41) is 20.4. The Morgan fingerprint density at radius 3 is 2.64 bits per heavy atom. The molecule has 0 spiro atoms. The molecule has 0 aliphatic carbocycles. The average Bonchev–Trinajstić information content (AvgIpc) is 3.02. The number of rotatable bonds is 2. The molecule has 0 amide bonds. The lowest BCUT2D eigenvalue weighted by atomic mass is 10.1. The van der Waals surface area contributed by atoms with Crippen molar-refractivity contribution in [2.24, 2.45) is 5.73 Å². The van der Waals surface area contributed by atoms with Crippen molar-refractivity contribution in [3.05, 3.63) is 24.2 Å². The van der Waals surface area contributed by atoms with Gasteiger partial charge in [-0.05, 0) is 38.8 Å². The minimum Gasteiger partial charge on any atom is -0.382 e. The highest BCUT2D eigenvalue weighted by atomic mass is 16.5. The summed E-state index contributed by atoms with van der Waals surface area (Å²) in [6.45, 7) is 3.16. The summed E-state index contributed by atoms with van der Waals surface area (Å²) in [4.78, 5) is 3.96. The highest BCUT2D eigenvalue weighted by Crippen LogP contribution is 2.33. The highest BCUT2D eigenvalue weighted by Gasteiger charge is 2.27. The van der Waals surface area contributed by atoms with Gasteiger partial charge >= 0.3 is 0 Å². The highest BCUT2D eigenvalue weighted by molar-refractivity contribution is 5.65. The van der Waals surface area contributed by atoms with Crippen LogP contribution in [0.1, 0.15) is 38.5 Å². The van der Waals surface area contributed by atoms with Crippen LogP contribution in [-0.4, -0.2) is 43.2 Å². The van der Waals surface area contributed by atoms with E-state index >= 15 is 0 Å². The van der Waals surface area contributed by atoms with E-state index in [9.17, 15) is 0 Å². The first-order valence-corrected chi connectivity index (χ1v) is 7.18. The Hall–Kier alpha value is -1.74. The zero-order valence-electron chi connectivity index (χ0n) is 12.8. The van der Waals surface area contributed by atoms with Gasteiger partial charge in [-0.3, -0.25) is 0 Å². The van der Waals surface area contributed by atoms with Crippen molar-refractivity contribution in [2.75, 3.05) is 12.3 Å². The number of nitrogens with two attached hydrogens (primary N) is 2. The van der Waals surface area contributed by atoms with Crippen molar-refractivity contribution in [2.45, 2.75) is 44.7 Å². The second-order valence-corrected chi connectivity index (χ2v) is 5.75. The van der Waals surface area contributed by atoms with Crippen LogP contribution in [0.3, 0.4) is 0 Å². The molecule has 1 fully saturated rings. The molecule has 0 bridgehead atoms. The van der Waals surface area contributed by atoms with Gasteiger partial charge in [-0.1, -0.05) is 0 Å². The fraction of sp³-hybridized carbons (Fsp3) is 0.571. The summed E-state index contributed by atoms with van der Waals surface area (Å²) in [5.41, 5.74) is 13.2. The summed E-state index contributed by atoms with van der Waals surface area (Å²) in [6, 6.07) is 3.91. The van der Waals surface area contributed by atoms with Crippen molar-refractivity contribution in [3.63, 3.8) is 0 Å². The number of anilines is 1. The maximum Gasteiger partial charge on any atom is 0.156 e. The van der Waals surface area contributed by atoms with E-state index in [1.165, 1.54) is 20.2 Å². The van der Waals surface area contributed by atoms with Crippen LogP contribution in [0.15, 0.2) is 18.5 Å². The Balaban J connectivity index is 0.000000309. The first kappa shape index (κ1) is 16.6. The van der Waals surface area contributed by atoms with Crippen LogP contribution in [0, 0.1) is 0 Å². The molecule has 1 aliphatic rings. The predicted octanol–water partition coefficient (Wildman–Crippen LogP) is 0.197. The van der Waals surface area contributed by atoms with Gasteiger partial charge in [0.1, 0.15) is 17.9 Å². The van der Waals surface area contributed by atoms with E-state index in [-0.39, 0.29) is 12.2 Å². The molecule has 1 aliphatic heterocycles. The number of nitrogens with zero attached hydrogens (tertiary/aromatic N) is 3. The Labute approximate surface area is 128 Å². The quantitative estimate of drug-likeness (QED) is 0.582. The van der Waals surface area contributed by atoms with Gasteiger partial charge in [0.15, 0.2) is 11.6 Å². The fourth-order valence-electron chi connectivity index (χ4n) is 2.31. The van der Waals surface area contributed by atoms with Gasteiger partial charge in [0, 0.05) is 6.54 Å². The lowest BCUT2D eigenvalue weighted by molar-refractivity contribution is -0.127. The monoisotopic (exact) mass is 309 g/mol. The lowest BCUT2D eigenvalue weighted by Crippen LogP contribution is -2.19. The molecule has 1 unspecified atom stereocenters. The molecule has 3 rings (SSSR count). The van der Waals surface area contributed by atoms with Crippen LogP contribution >= 0.6 is 0 Å². The zero-order valence-corrected chi connectivity index (χ0v) is 12.8. The fourth-order valence-corrected chi connectivity index (χ4v) is 2.31. The average molecular weight is 309 g/mol. The van der Waals surface area contributed by atoms with E-state index in [4.69, 9.17) is 26.4 Å². The van der Waals surface area contributed by atoms with Gasteiger partial charge in [0.2, 0.25) is 0 Å². The molecule has 122 valence electrons. The van der Waals surface area contributed by atoms with Gasteiger partial charge in [-0.25, -0.2) is 9.50 Å². The Kier molecular flexibility index (Phi) is 4.97. The SMILES string of the molecule is CC(C)(O)O.NCC1CC[C@H](c2ccc3c(N)ncnn23)O1. The maximum absolute atomic E-state index is 8.08. The molecule has 8 heteroatoms. The third kappa shape index (κ3) is 4.14. The lowest BCUT2D eigenvalue weighted by Gasteiger charge is -2.12. The molecule has 8 nitrogen and oxygen atoms in total. The Morgan fingerprint density at radius 2 is 2.05 bits per heavy atom. The topological polar surface area (TPSA) is 132 Å². The number of fused-ring (bicyclic) bond motifs is 1. The number of ether oxygens (including phenoxy) is 1. The van der Waals surface area contributed by atoms with Crippen LogP contribution in [0.5, 0.6) is 0 Å². The first-order valence-electron chi connectivity index (χ1n) is 7.18. The van der Waals surface area contributed by atoms with Crippen LogP contribution in [0.25, 0.3) is 5.52 Å². The molecule has 0 radical (unpaired) electrons. The van der Waals surface area contributed by atoms with Gasteiger partial charge < -0.3 is 26.4 Å². The predicted molar refractivity (Wildman–Crippen MR) is 81.8 cm³/mol. The summed E-state index contributed by atoms with van der Waals surface area (Å²) in [7, 11) is 0. The second-order valence-electron chi connectivity index (χ2n) is 5.75. The molecular formula is C14H23N5O3. The molecule has 0 aromatic carbocycles. The van der Waals surface area contributed by atoms with Crippen molar-refractivity contribution >= 4 is 11.3 Å². The van der Waals surface area contributed by atoms with Crippen LogP contribution in [0.4, 0.5) is 5.82 Å². The maximum atomic E-state index is 8.08. The summed E-state index contributed by atoms with van der Waals surface area (Å²) in [5.74, 6) is -1.01. The second kappa shape index (κ2) is 6.57. The van der Waals surface area contributed by atoms with Gasteiger partial charge in [-0.15, -0.1) is 0 Å². The van der Waals surface area contributed by atoms with Crippen molar-refractivity contribution in [1.82, 2.24) is 14.6 Å². The number of hydrogen-bond acceptors (Lipinski definition) is 7. The van der Waals surface area contributed by atoms with Crippen molar-refractivity contribution in [1.29, 1.82) is 0 Å². The molecule has 1 saturated heterocycles. The van der Waals surface area contributed by atoms with Gasteiger partial charge in [0.05, 0.1) is 11.8 Å². The summed E-state index contributed by atoms with van der Waals surface area (Å²) >= 11 is 0. The third-order valence-corrected chi connectivity index (χ3v) is 3.21. The zero-order chi connectivity index (χ0) is 16.3. The largest absolute Gasteiger partial charge is 0.382 e. The van der Waals surface area contributed by atoms with Crippen LogP contribution in [-0.2, 0) is 4.74 Å². The van der Waals surface area contributed by atoms with E-state index in [0.717, 1.165) is 24.1 Å². The minimum absolute atomic E-state index is 0.0559. The molecular weight excluding hydrogens is 286 g/mol. The number of aromatic nitrogens is 3. The molecule has 2 atom stereocenters. The number of nitrogen functional groups attached to an aromatic ring is 1. The van der Waals surface area contributed by atoms with E-state index in [2.05, 4.69) is 10.1 Å². The minimum atomic E-state index is -1.50. The Bertz CT molecular complexity index is 616. The molecule has 3 heterocycles. The first-order chi connectivity index (χ1) is 10.3. The number of hydrogen-bond donors (Lipinski definition) is 4. The molecule has 22 heavy (non-hydrogen) atoms. The van der Waals surface area contributed by atoms with E-state index in [0.29, 0.717) is 12.4 Å². The van der Waals surface area contributed by atoms with E-state index in [1.807, 2.05) is 12.1 Å². The van der Waals surface area contributed by atoms with Gasteiger partial charge in [-0.2, -0.15) is 5.10 Å². The molecule has 2 aromatic rings. The van der Waals surface area contributed by atoms with Crippen LogP contribution < -0.4 is 11.5 Å². The molecule has 2 aromatic heterocycles. The Morgan fingerprint density at radius 1 is 1.36 bits per heavy atom. The molecule has 6 N–H and O–H groups in total. The summed E-state index contributed by atoms with van der Waals surface area (Å²) in [6.07, 6.45) is 3.64. The van der Waals surface area contributed by atoms with E-state index in [1.54, 1.807) is 4.52 Å². The molecule has 0 saturated carbocycles. The van der Waals surface area contributed by atoms with Crippen LogP contribution in [0.2, 0.25) is 0 Å².